The highest BCUT2D eigenvalue weighted by atomic mass is 16.5. The molecule has 1 N–H and O–H groups in total. The molecule has 0 saturated carbocycles. The SMILES string of the molecule is CC(C)OCCCn1nnc2cc(-c3ccnc(Nc4ccnn4C)n3)ccc21. The van der Waals surface area contributed by atoms with Gasteiger partial charge in [0.2, 0.25) is 5.95 Å². The van der Waals surface area contributed by atoms with Gasteiger partial charge in [0.1, 0.15) is 11.3 Å². The number of fused-ring (bicyclic) bond motifs is 1. The van der Waals surface area contributed by atoms with Crippen LogP contribution in [0.1, 0.15) is 20.3 Å². The van der Waals surface area contributed by atoms with Crippen LogP contribution in [0.2, 0.25) is 0 Å². The van der Waals surface area contributed by atoms with Crippen LogP contribution in [0, 0.1) is 0 Å². The molecule has 0 spiro atoms. The van der Waals surface area contributed by atoms with Crippen LogP contribution in [-0.2, 0) is 18.3 Å². The Hall–Kier alpha value is -3.33. The van der Waals surface area contributed by atoms with Crippen molar-refractivity contribution in [1.82, 2.24) is 34.7 Å². The molecule has 1 aromatic carbocycles. The average Bonchev–Trinajstić information content (AvgIpc) is 3.31. The molecule has 3 heterocycles. The standard InChI is InChI=1S/C20H24N8O/c1-14(2)29-12-4-11-28-18-6-5-15(13-17(18)25-26-28)16-7-9-21-20(23-16)24-19-8-10-22-27(19)3/h5-10,13-14H,4,11-12H2,1-3H3,(H,21,23,24). The van der Waals surface area contributed by atoms with Gasteiger partial charge in [-0.3, -0.25) is 4.68 Å². The maximum atomic E-state index is 5.60. The third kappa shape index (κ3) is 4.40. The molecule has 0 aliphatic rings. The predicted octanol–water partition coefficient (Wildman–Crippen LogP) is 3.18. The number of hydrogen-bond acceptors (Lipinski definition) is 7. The zero-order valence-electron chi connectivity index (χ0n) is 16.8. The number of rotatable bonds is 8. The molecule has 150 valence electrons. The number of nitrogens with one attached hydrogen (secondary N) is 1. The van der Waals surface area contributed by atoms with E-state index in [1.54, 1.807) is 17.1 Å². The van der Waals surface area contributed by atoms with E-state index < -0.39 is 0 Å². The summed E-state index contributed by atoms with van der Waals surface area (Å²) in [6.45, 7) is 5.56. The van der Waals surface area contributed by atoms with Gasteiger partial charge in [0.05, 0.1) is 23.5 Å². The van der Waals surface area contributed by atoms with E-state index >= 15 is 0 Å². The molecule has 0 amide bonds. The van der Waals surface area contributed by atoms with Crippen LogP contribution < -0.4 is 5.32 Å². The first-order chi connectivity index (χ1) is 14.1. The van der Waals surface area contributed by atoms with E-state index in [1.165, 1.54) is 0 Å². The Bertz CT molecular complexity index is 1100. The molecule has 0 aliphatic carbocycles. The Morgan fingerprint density at radius 3 is 2.83 bits per heavy atom. The highest BCUT2D eigenvalue weighted by Crippen LogP contribution is 2.23. The maximum Gasteiger partial charge on any atom is 0.228 e. The van der Waals surface area contributed by atoms with Crippen molar-refractivity contribution in [3.05, 3.63) is 42.7 Å². The number of hydrogen-bond donors (Lipinski definition) is 1. The zero-order valence-corrected chi connectivity index (χ0v) is 16.8. The van der Waals surface area contributed by atoms with Gasteiger partial charge in [0.25, 0.3) is 0 Å². The van der Waals surface area contributed by atoms with Gasteiger partial charge < -0.3 is 10.1 Å². The van der Waals surface area contributed by atoms with Gasteiger partial charge in [-0.15, -0.1) is 5.10 Å². The van der Waals surface area contributed by atoms with Gasteiger partial charge in [0, 0.05) is 38.0 Å². The summed E-state index contributed by atoms with van der Waals surface area (Å²) in [6.07, 6.45) is 4.60. The van der Waals surface area contributed by atoms with Crippen molar-refractivity contribution in [2.75, 3.05) is 11.9 Å². The molecule has 0 unspecified atom stereocenters. The van der Waals surface area contributed by atoms with Crippen LogP contribution >= 0.6 is 0 Å². The number of benzene rings is 1. The van der Waals surface area contributed by atoms with Crippen LogP contribution in [-0.4, -0.2) is 47.5 Å². The Morgan fingerprint density at radius 1 is 1.14 bits per heavy atom. The lowest BCUT2D eigenvalue weighted by Crippen LogP contribution is -2.08. The van der Waals surface area contributed by atoms with Gasteiger partial charge in [0.15, 0.2) is 0 Å². The van der Waals surface area contributed by atoms with Crippen LogP contribution in [0.15, 0.2) is 42.7 Å². The third-order valence-corrected chi connectivity index (χ3v) is 4.49. The molecule has 3 aromatic heterocycles. The van der Waals surface area contributed by atoms with E-state index in [4.69, 9.17) is 4.74 Å². The lowest BCUT2D eigenvalue weighted by Gasteiger charge is -2.08. The molecule has 0 fully saturated rings. The van der Waals surface area contributed by atoms with Crippen molar-refractivity contribution < 1.29 is 4.74 Å². The molecule has 0 saturated heterocycles. The van der Waals surface area contributed by atoms with E-state index in [1.807, 2.05) is 55.9 Å². The molecular formula is C20H24N8O. The van der Waals surface area contributed by atoms with E-state index in [0.29, 0.717) is 12.6 Å². The quantitative estimate of drug-likeness (QED) is 0.460. The van der Waals surface area contributed by atoms with Crippen molar-refractivity contribution in [1.29, 1.82) is 0 Å². The van der Waals surface area contributed by atoms with Crippen LogP contribution in [0.3, 0.4) is 0 Å². The second-order valence-electron chi connectivity index (χ2n) is 7.02. The lowest BCUT2D eigenvalue weighted by molar-refractivity contribution is 0.0744. The van der Waals surface area contributed by atoms with Gasteiger partial charge in [-0.25, -0.2) is 14.6 Å². The monoisotopic (exact) mass is 392 g/mol. The first-order valence-electron chi connectivity index (χ1n) is 9.63. The molecule has 0 bridgehead atoms. The summed E-state index contributed by atoms with van der Waals surface area (Å²) >= 11 is 0. The van der Waals surface area contributed by atoms with Gasteiger partial charge in [-0.2, -0.15) is 5.10 Å². The van der Waals surface area contributed by atoms with Crippen molar-refractivity contribution in [2.24, 2.45) is 7.05 Å². The lowest BCUT2D eigenvalue weighted by atomic mass is 10.1. The summed E-state index contributed by atoms with van der Waals surface area (Å²) in [7, 11) is 1.86. The number of nitrogens with zero attached hydrogens (tertiary/aromatic N) is 7. The minimum atomic E-state index is 0.246. The molecule has 9 nitrogen and oxygen atoms in total. The summed E-state index contributed by atoms with van der Waals surface area (Å²) < 4.78 is 9.24. The van der Waals surface area contributed by atoms with E-state index in [2.05, 4.69) is 30.7 Å². The van der Waals surface area contributed by atoms with Crippen molar-refractivity contribution in [2.45, 2.75) is 32.9 Å². The van der Waals surface area contributed by atoms with Crippen LogP contribution in [0.5, 0.6) is 0 Å². The fourth-order valence-corrected chi connectivity index (χ4v) is 3.02. The third-order valence-electron chi connectivity index (χ3n) is 4.49. The fourth-order valence-electron chi connectivity index (χ4n) is 3.02. The molecule has 29 heavy (non-hydrogen) atoms. The number of ether oxygens (including phenoxy) is 1. The first kappa shape index (κ1) is 19.0. The Balaban J connectivity index is 1.51. The van der Waals surface area contributed by atoms with Crippen molar-refractivity contribution in [3.8, 4) is 11.3 Å². The molecule has 0 atom stereocenters. The number of aryl methyl sites for hydroxylation is 2. The predicted molar refractivity (Wildman–Crippen MR) is 111 cm³/mol. The van der Waals surface area contributed by atoms with E-state index in [9.17, 15) is 0 Å². The van der Waals surface area contributed by atoms with Gasteiger partial charge in [-0.1, -0.05) is 11.3 Å². The van der Waals surface area contributed by atoms with Crippen molar-refractivity contribution in [3.63, 3.8) is 0 Å². The van der Waals surface area contributed by atoms with Crippen molar-refractivity contribution >= 4 is 22.8 Å². The van der Waals surface area contributed by atoms with Crippen LogP contribution in [0.4, 0.5) is 11.8 Å². The average molecular weight is 392 g/mol. The Morgan fingerprint density at radius 2 is 2.03 bits per heavy atom. The molecule has 9 heteroatoms. The highest BCUT2D eigenvalue weighted by molar-refractivity contribution is 5.80. The highest BCUT2D eigenvalue weighted by Gasteiger charge is 2.09. The normalized spacial score (nSPS) is 11.4. The minimum Gasteiger partial charge on any atom is -0.379 e. The maximum absolute atomic E-state index is 5.60. The summed E-state index contributed by atoms with van der Waals surface area (Å²) in [5.41, 5.74) is 3.61. The molecule has 4 rings (SSSR count). The second kappa shape index (κ2) is 8.36. The topological polar surface area (TPSA) is 95.6 Å². The van der Waals surface area contributed by atoms with Gasteiger partial charge >= 0.3 is 0 Å². The molecular weight excluding hydrogens is 368 g/mol. The minimum absolute atomic E-state index is 0.246. The van der Waals surface area contributed by atoms with Gasteiger partial charge in [-0.05, 0) is 38.5 Å². The molecule has 0 radical (unpaired) electrons. The summed E-state index contributed by atoms with van der Waals surface area (Å²) in [5, 5.41) is 15.9. The first-order valence-corrected chi connectivity index (χ1v) is 9.63. The zero-order chi connectivity index (χ0) is 20.2. The smallest absolute Gasteiger partial charge is 0.228 e. The van der Waals surface area contributed by atoms with E-state index in [-0.39, 0.29) is 6.10 Å². The number of anilines is 2. The van der Waals surface area contributed by atoms with E-state index in [0.717, 1.165) is 41.1 Å². The molecule has 0 aliphatic heterocycles. The number of aromatic nitrogens is 7. The fraction of sp³-hybridized carbons (Fsp3) is 0.350. The molecule has 4 aromatic rings. The summed E-state index contributed by atoms with van der Waals surface area (Å²) in [6, 6.07) is 9.81. The Labute approximate surface area is 168 Å². The second-order valence-corrected chi connectivity index (χ2v) is 7.02. The summed E-state index contributed by atoms with van der Waals surface area (Å²) in [4.78, 5) is 8.91. The Kier molecular flexibility index (Phi) is 5.48. The van der Waals surface area contributed by atoms with Crippen LogP contribution in [0.25, 0.3) is 22.3 Å². The largest absolute Gasteiger partial charge is 0.379 e. The summed E-state index contributed by atoms with van der Waals surface area (Å²) in [5.74, 6) is 1.34.